The van der Waals surface area contributed by atoms with E-state index in [0.717, 1.165) is 18.3 Å². The summed E-state index contributed by atoms with van der Waals surface area (Å²) in [7, 11) is 0. The molecule has 2 heterocycles. The first kappa shape index (κ1) is 19.7. The van der Waals surface area contributed by atoms with Gasteiger partial charge in [0.25, 0.3) is 0 Å². The van der Waals surface area contributed by atoms with E-state index in [4.69, 9.17) is 0 Å². The molecule has 0 aromatic heterocycles. The van der Waals surface area contributed by atoms with E-state index in [0.29, 0.717) is 23.8 Å². The van der Waals surface area contributed by atoms with Crippen LogP contribution in [0.15, 0.2) is 0 Å². The van der Waals surface area contributed by atoms with Crippen LogP contribution in [-0.4, -0.2) is 36.5 Å². The number of nitrogens with one attached hydrogen (secondary N) is 1. The third-order valence-corrected chi connectivity index (χ3v) is 8.34. The van der Waals surface area contributed by atoms with Crippen LogP contribution in [0.1, 0.15) is 96.3 Å². The molecule has 2 saturated heterocycles. The van der Waals surface area contributed by atoms with Gasteiger partial charge in [-0.2, -0.15) is 0 Å². The molecular weight excluding hydrogens is 332 g/mol. The first-order valence-corrected chi connectivity index (χ1v) is 12.3. The molecule has 4 rings (SSSR count). The van der Waals surface area contributed by atoms with Gasteiger partial charge in [0, 0.05) is 12.0 Å². The summed E-state index contributed by atoms with van der Waals surface area (Å²) in [5.41, 5.74) is 0. The van der Waals surface area contributed by atoms with Crippen LogP contribution in [0.5, 0.6) is 0 Å². The van der Waals surface area contributed by atoms with Crippen LogP contribution in [0.25, 0.3) is 0 Å². The second-order valence-electron chi connectivity index (χ2n) is 10.2. The molecule has 0 spiro atoms. The lowest BCUT2D eigenvalue weighted by molar-refractivity contribution is -0.123. The molecule has 3 nitrogen and oxygen atoms in total. The molecule has 154 valence electrons. The lowest BCUT2D eigenvalue weighted by Crippen LogP contribution is -2.35. The Balaban J connectivity index is 1.13. The Kier molecular flexibility index (Phi) is 7.13. The van der Waals surface area contributed by atoms with Gasteiger partial charge in [-0.25, -0.2) is 0 Å². The fourth-order valence-corrected chi connectivity index (χ4v) is 6.70. The van der Waals surface area contributed by atoms with Gasteiger partial charge < -0.3 is 10.2 Å². The molecule has 2 aliphatic carbocycles. The number of carbonyl (C=O) groups is 1. The maximum atomic E-state index is 12.4. The average molecular weight is 375 g/mol. The summed E-state index contributed by atoms with van der Waals surface area (Å²) in [5.74, 6) is 3.37. The summed E-state index contributed by atoms with van der Waals surface area (Å²) in [6.45, 7) is 3.83. The van der Waals surface area contributed by atoms with Crippen LogP contribution in [0.4, 0.5) is 0 Å². The summed E-state index contributed by atoms with van der Waals surface area (Å²) in [6, 6.07) is 0.510. The van der Waals surface area contributed by atoms with Crippen LogP contribution in [-0.2, 0) is 4.79 Å². The molecule has 3 unspecified atom stereocenters. The zero-order valence-electron chi connectivity index (χ0n) is 17.5. The van der Waals surface area contributed by atoms with E-state index in [2.05, 4.69) is 10.2 Å². The number of carbonyl (C=O) groups excluding carboxylic acids is 1. The fourth-order valence-electron chi connectivity index (χ4n) is 6.70. The molecule has 2 aliphatic heterocycles. The number of rotatable bonds is 6. The molecule has 0 aromatic rings. The maximum Gasteiger partial charge on any atom is 0.223 e. The molecule has 2 saturated carbocycles. The van der Waals surface area contributed by atoms with Crippen molar-refractivity contribution in [1.29, 1.82) is 0 Å². The Morgan fingerprint density at radius 2 is 1.48 bits per heavy atom. The van der Waals surface area contributed by atoms with Crippen LogP contribution in [0, 0.1) is 23.7 Å². The van der Waals surface area contributed by atoms with Gasteiger partial charge in [0.2, 0.25) is 5.91 Å². The Labute approximate surface area is 167 Å². The molecule has 4 fully saturated rings. The zero-order chi connectivity index (χ0) is 18.5. The van der Waals surface area contributed by atoms with Crippen molar-refractivity contribution < 1.29 is 4.79 Å². The number of amides is 1. The third kappa shape index (κ3) is 5.28. The smallest absolute Gasteiger partial charge is 0.223 e. The summed E-state index contributed by atoms with van der Waals surface area (Å²) < 4.78 is 0. The summed E-state index contributed by atoms with van der Waals surface area (Å²) >= 11 is 0. The van der Waals surface area contributed by atoms with E-state index in [1.165, 1.54) is 110 Å². The number of fused-ring (bicyclic) bond motifs is 1. The topological polar surface area (TPSA) is 32.3 Å². The standard InChI is InChI=1S/C24H42N2O/c27-24-22(21-10-5-6-12-23(21)25-24)11-7-15-26-16-13-20(14-17-26)18-19-8-3-1-2-4-9-19/h19-23H,1-18H2,(H,25,27). The highest BCUT2D eigenvalue weighted by molar-refractivity contribution is 5.81. The lowest BCUT2D eigenvalue weighted by atomic mass is 9.78. The summed E-state index contributed by atoms with van der Waals surface area (Å²) in [4.78, 5) is 15.0. The first-order chi connectivity index (χ1) is 13.3. The van der Waals surface area contributed by atoms with E-state index in [-0.39, 0.29) is 0 Å². The molecule has 0 aromatic carbocycles. The monoisotopic (exact) mass is 374 g/mol. The SMILES string of the molecule is O=C1NC2CCCCC2C1CCCN1CCC(CC2CCCCCC2)CC1. The summed E-state index contributed by atoms with van der Waals surface area (Å²) in [6.07, 6.45) is 20.8. The van der Waals surface area contributed by atoms with Crippen LogP contribution < -0.4 is 5.32 Å². The summed E-state index contributed by atoms with van der Waals surface area (Å²) in [5, 5.41) is 3.29. The van der Waals surface area contributed by atoms with Gasteiger partial charge in [-0.3, -0.25) is 4.79 Å². The number of nitrogens with zero attached hydrogens (tertiary/aromatic N) is 1. The fraction of sp³-hybridized carbons (Fsp3) is 0.958. The second kappa shape index (κ2) is 9.76. The number of hydrogen-bond donors (Lipinski definition) is 1. The highest BCUT2D eigenvalue weighted by Crippen LogP contribution is 2.37. The van der Waals surface area contributed by atoms with Crippen molar-refractivity contribution in [3.63, 3.8) is 0 Å². The zero-order valence-corrected chi connectivity index (χ0v) is 17.5. The van der Waals surface area contributed by atoms with Gasteiger partial charge in [-0.15, -0.1) is 0 Å². The second-order valence-corrected chi connectivity index (χ2v) is 10.2. The van der Waals surface area contributed by atoms with Crippen LogP contribution in [0.3, 0.4) is 0 Å². The van der Waals surface area contributed by atoms with E-state index >= 15 is 0 Å². The lowest BCUT2D eigenvalue weighted by Gasteiger charge is -2.34. The quantitative estimate of drug-likeness (QED) is 0.653. The van der Waals surface area contributed by atoms with Gasteiger partial charge in [0.1, 0.15) is 0 Å². The third-order valence-electron chi connectivity index (χ3n) is 8.34. The van der Waals surface area contributed by atoms with Gasteiger partial charge in [-0.05, 0) is 82.3 Å². The molecule has 1 N–H and O–H groups in total. The molecule has 1 amide bonds. The van der Waals surface area contributed by atoms with E-state index < -0.39 is 0 Å². The van der Waals surface area contributed by atoms with Crippen molar-refractivity contribution >= 4 is 5.91 Å². The van der Waals surface area contributed by atoms with E-state index in [1.807, 2.05) is 0 Å². The largest absolute Gasteiger partial charge is 0.353 e. The van der Waals surface area contributed by atoms with E-state index in [1.54, 1.807) is 0 Å². The Hall–Kier alpha value is -0.570. The van der Waals surface area contributed by atoms with Gasteiger partial charge in [0.05, 0.1) is 0 Å². The molecule has 3 atom stereocenters. The van der Waals surface area contributed by atoms with Crippen molar-refractivity contribution in [2.24, 2.45) is 23.7 Å². The first-order valence-electron chi connectivity index (χ1n) is 12.3. The van der Waals surface area contributed by atoms with E-state index in [9.17, 15) is 4.79 Å². The van der Waals surface area contributed by atoms with Crippen LogP contribution in [0.2, 0.25) is 0 Å². The highest BCUT2D eigenvalue weighted by Gasteiger charge is 2.42. The Bertz CT molecular complexity index is 463. The van der Waals surface area contributed by atoms with Crippen molar-refractivity contribution in [3.05, 3.63) is 0 Å². The van der Waals surface area contributed by atoms with Crippen molar-refractivity contribution in [2.45, 2.75) is 102 Å². The normalized spacial score (nSPS) is 34.2. The van der Waals surface area contributed by atoms with Gasteiger partial charge >= 0.3 is 0 Å². The van der Waals surface area contributed by atoms with Crippen molar-refractivity contribution in [1.82, 2.24) is 10.2 Å². The minimum absolute atomic E-state index is 0.322. The molecule has 3 heteroatoms. The molecule has 0 bridgehead atoms. The Morgan fingerprint density at radius 3 is 2.26 bits per heavy atom. The molecule has 4 aliphatic rings. The predicted molar refractivity (Wildman–Crippen MR) is 112 cm³/mol. The number of piperidine rings is 1. The number of hydrogen-bond acceptors (Lipinski definition) is 2. The van der Waals surface area contributed by atoms with Gasteiger partial charge in [-0.1, -0.05) is 51.4 Å². The minimum atomic E-state index is 0.322. The molecular formula is C24H42N2O. The van der Waals surface area contributed by atoms with Crippen LogP contribution >= 0.6 is 0 Å². The molecule has 27 heavy (non-hydrogen) atoms. The minimum Gasteiger partial charge on any atom is -0.353 e. The maximum absolute atomic E-state index is 12.4. The number of likely N-dealkylation sites (tertiary alicyclic amines) is 1. The van der Waals surface area contributed by atoms with Crippen molar-refractivity contribution in [3.8, 4) is 0 Å². The highest BCUT2D eigenvalue weighted by atomic mass is 16.2. The average Bonchev–Trinajstić information content (AvgIpc) is 2.84. The van der Waals surface area contributed by atoms with Gasteiger partial charge in [0.15, 0.2) is 0 Å². The Morgan fingerprint density at radius 1 is 0.815 bits per heavy atom. The predicted octanol–water partition coefficient (Wildman–Crippen LogP) is 5.14. The van der Waals surface area contributed by atoms with Crippen molar-refractivity contribution in [2.75, 3.05) is 19.6 Å². The molecule has 0 radical (unpaired) electrons.